The van der Waals surface area contributed by atoms with Gasteiger partial charge < -0.3 is 5.73 Å². The summed E-state index contributed by atoms with van der Waals surface area (Å²) in [7, 11) is 0. The first-order valence-corrected chi connectivity index (χ1v) is 5.19. The van der Waals surface area contributed by atoms with Crippen molar-refractivity contribution in [1.29, 1.82) is 0 Å². The molecule has 0 bridgehead atoms. The van der Waals surface area contributed by atoms with Gasteiger partial charge in [0.25, 0.3) is 0 Å². The van der Waals surface area contributed by atoms with Gasteiger partial charge in [-0.05, 0) is 24.1 Å². The van der Waals surface area contributed by atoms with E-state index in [1.807, 2.05) is 12.1 Å². The van der Waals surface area contributed by atoms with E-state index in [0.29, 0.717) is 0 Å². The Hall–Kier alpha value is -1.38. The summed E-state index contributed by atoms with van der Waals surface area (Å²) in [4.78, 5) is 8.33. The van der Waals surface area contributed by atoms with Crippen molar-refractivity contribution in [1.82, 2.24) is 4.98 Å². The molecule has 0 unspecified atom stereocenters. The molecule has 3 nitrogen and oxygen atoms in total. The lowest BCUT2D eigenvalue weighted by Crippen LogP contribution is -2.29. The monoisotopic (exact) mass is 205 g/mol. The molecule has 0 amide bonds. The molecule has 0 atom stereocenters. The lowest BCUT2D eigenvalue weighted by molar-refractivity contribution is 0.581. The van der Waals surface area contributed by atoms with Gasteiger partial charge in [-0.15, -0.1) is 0 Å². The van der Waals surface area contributed by atoms with Crippen molar-refractivity contribution in [3.63, 3.8) is 0 Å². The van der Waals surface area contributed by atoms with Gasteiger partial charge in [0.15, 0.2) is 0 Å². The van der Waals surface area contributed by atoms with Gasteiger partial charge in [-0.3, -0.25) is 9.98 Å². The number of rotatable bonds is 3. The van der Waals surface area contributed by atoms with Crippen molar-refractivity contribution in [2.24, 2.45) is 16.1 Å². The zero-order valence-corrected chi connectivity index (χ0v) is 9.70. The minimum atomic E-state index is -0.0295. The molecule has 0 radical (unpaired) electrons. The summed E-state index contributed by atoms with van der Waals surface area (Å²) >= 11 is 0. The Kier molecular flexibility index (Phi) is 3.83. The molecule has 3 heteroatoms. The number of aliphatic imine (C=N–C) groups is 1. The van der Waals surface area contributed by atoms with Gasteiger partial charge in [0.2, 0.25) is 0 Å². The number of aromatic nitrogens is 1. The molecule has 0 aliphatic rings. The largest absolute Gasteiger partial charge is 0.387 e. The van der Waals surface area contributed by atoms with Crippen LogP contribution in [0.5, 0.6) is 0 Å². The summed E-state index contributed by atoms with van der Waals surface area (Å²) in [6.45, 7) is 6.95. The molecule has 0 aliphatic heterocycles. The SMILES string of the molecule is CC(C)(C)C(N)=NCCc1ccncc1. The van der Waals surface area contributed by atoms with Crippen molar-refractivity contribution >= 4 is 5.84 Å². The van der Waals surface area contributed by atoms with E-state index in [1.54, 1.807) is 12.4 Å². The van der Waals surface area contributed by atoms with E-state index in [1.165, 1.54) is 5.56 Å². The average molecular weight is 205 g/mol. The fourth-order valence-corrected chi connectivity index (χ4v) is 1.09. The highest BCUT2D eigenvalue weighted by Crippen LogP contribution is 2.12. The molecule has 0 aromatic carbocycles. The number of nitrogens with zero attached hydrogens (tertiary/aromatic N) is 2. The molecule has 0 fully saturated rings. The van der Waals surface area contributed by atoms with E-state index in [4.69, 9.17) is 5.73 Å². The van der Waals surface area contributed by atoms with Crippen LogP contribution in [0.3, 0.4) is 0 Å². The van der Waals surface area contributed by atoms with Crippen molar-refractivity contribution in [2.75, 3.05) is 6.54 Å². The number of nitrogens with two attached hydrogens (primary N) is 1. The predicted molar refractivity (Wildman–Crippen MR) is 63.9 cm³/mol. The Morgan fingerprint density at radius 2 is 1.93 bits per heavy atom. The van der Waals surface area contributed by atoms with Gasteiger partial charge in [-0.25, -0.2) is 0 Å². The Bertz CT molecular complexity index is 322. The Morgan fingerprint density at radius 1 is 1.33 bits per heavy atom. The van der Waals surface area contributed by atoms with Crippen molar-refractivity contribution in [3.8, 4) is 0 Å². The molecule has 82 valence electrons. The second kappa shape index (κ2) is 4.91. The summed E-state index contributed by atoms with van der Waals surface area (Å²) in [5.41, 5.74) is 7.07. The normalized spacial score (nSPS) is 12.9. The highest BCUT2D eigenvalue weighted by Gasteiger charge is 2.14. The van der Waals surface area contributed by atoms with Crippen LogP contribution in [0, 0.1) is 5.41 Å². The molecule has 0 saturated heterocycles. The topological polar surface area (TPSA) is 51.3 Å². The van der Waals surface area contributed by atoms with E-state index >= 15 is 0 Å². The number of amidine groups is 1. The standard InChI is InChI=1S/C12H19N3/c1-12(2,3)11(13)15-9-6-10-4-7-14-8-5-10/h4-5,7-8H,6,9H2,1-3H3,(H2,13,15). The van der Waals surface area contributed by atoms with E-state index in [0.717, 1.165) is 18.8 Å². The third-order valence-electron chi connectivity index (χ3n) is 2.20. The van der Waals surface area contributed by atoms with Gasteiger partial charge >= 0.3 is 0 Å². The van der Waals surface area contributed by atoms with Crippen LogP contribution in [0.25, 0.3) is 0 Å². The molecule has 15 heavy (non-hydrogen) atoms. The maximum atomic E-state index is 5.85. The lowest BCUT2D eigenvalue weighted by Gasteiger charge is -2.17. The number of pyridine rings is 1. The Labute approximate surface area is 91.4 Å². The highest BCUT2D eigenvalue weighted by atomic mass is 14.9. The van der Waals surface area contributed by atoms with Gasteiger partial charge in [-0.1, -0.05) is 20.8 Å². The van der Waals surface area contributed by atoms with Crippen molar-refractivity contribution in [2.45, 2.75) is 27.2 Å². The fraction of sp³-hybridized carbons (Fsp3) is 0.500. The molecule has 0 saturated carbocycles. The molecular weight excluding hydrogens is 186 g/mol. The zero-order chi connectivity index (χ0) is 11.3. The second-order valence-corrected chi connectivity index (χ2v) is 4.62. The molecule has 1 heterocycles. The Morgan fingerprint density at radius 3 is 2.47 bits per heavy atom. The quantitative estimate of drug-likeness (QED) is 0.606. The first-order chi connectivity index (χ1) is 7.00. The fourth-order valence-electron chi connectivity index (χ4n) is 1.09. The van der Waals surface area contributed by atoms with Gasteiger partial charge in [-0.2, -0.15) is 0 Å². The third kappa shape index (κ3) is 4.11. The molecule has 0 aliphatic carbocycles. The summed E-state index contributed by atoms with van der Waals surface area (Å²) < 4.78 is 0. The van der Waals surface area contributed by atoms with Crippen LogP contribution in [0.1, 0.15) is 26.3 Å². The predicted octanol–water partition coefficient (Wildman–Crippen LogP) is 2.03. The van der Waals surface area contributed by atoms with E-state index in [2.05, 4.69) is 30.7 Å². The van der Waals surface area contributed by atoms with E-state index in [-0.39, 0.29) is 5.41 Å². The molecule has 1 aromatic heterocycles. The zero-order valence-electron chi connectivity index (χ0n) is 9.70. The highest BCUT2D eigenvalue weighted by molar-refractivity contribution is 5.85. The van der Waals surface area contributed by atoms with E-state index < -0.39 is 0 Å². The summed E-state index contributed by atoms with van der Waals surface area (Å²) in [5.74, 6) is 0.719. The van der Waals surface area contributed by atoms with Crippen LogP contribution in [-0.2, 0) is 6.42 Å². The van der Waals surface area contributed by atoms with Gasteiger partial charge in [0.05, 0.1) is 5.84 Å². The molecule has 2 N–H and O–H groups in total. The Balaban J connectivity index is 2.46. The van der Waals surface area contributed by atoms with Crippen LogP contribution < -0.4 is 5.73 Å². The first-order valence-electron chi connectivity index (χ1n) is 5.19. The molecular formula is C12H19N3. The maximum absolute atomic E-state index is 5.85. The van der Waals surface area contributed by atoms with Crippen LogP contribution in [0.2, 0.25) is 0 Å². The molecule has 0 spiro atoms. The molecule has 1 aromatic rings. The minimum absolute atomic E-state index is 0.0295. The molecule has 1 rings (SSSR count). The summed E-state index contributed by atoms with van der Waals surface area (Å²) in [6.07, 6.45) is 4.51. The number of hydrogen-bond donors (Lipinski definition) is 1. The lowest BCUT2D eigenvalue weighted by atomic mass is 9.95. The van der Waals surface area contributed by atoms with Gasteiger partial charge in [0.1, 0.15) is 0 Å². The van der Waals surface area contributed by atoms with Crippen LogP contribution in [-0.4, -0.2) is 17.4 Å². The summed E-state index contributed by atoms with van der Waals surface area (Å²) in [6, 6.07) is 4.01. The van der Waals surface area contributed by atoms with E-state index in [9.17, 15) is 0 Å². The number of hydrogen-bond acceptors (Lipinski definition) is 2. The van der Waals surface area contributed by atoms with Gasteiger partial charge in [0, 0.05) is 24.4 Å². The summed E-state index contributed by atoms with van der Waals surface area (Å²) in [5, 5.41) is 0. The van der Waals surface area contributed by atoms with Crippen LogP contribution in [0.15, 0.2) is 29.5 Å². The van der Waals surface area contributed by atoms with Crippen molar-refractivity contribution in [3.05, 3.63) is 30.1 Å². The van der Waals surface area contributed by atoms with Crippen LogP contribution in [0.4, 0.5) is 0 Å². The van der Waals surface area contributed by atoms with Crippen molar-refractivity contribution < 1.29 is 0 Å². The van der Waals surface area contributed by atoms with Crippen LogP contribution >= 0.6 is 0 Å². The maximum Gasteiger partial charge on any atom is 0.0991 e. The smallest absolute Gasteiger partial charge is 0.0991 e. The average Bonchev–Trinajstić information content (AvgIpc) is 2.18. The minimum Gasteiger partial charge on any atom is -0.387 e. The third-order valence-corrected chi connectivity index (χ3v) is 2.20. The first kappa shape index (κ1) is 11.7. The second-order valence-electron chi connectivity index (χ2n) is 4.62.